The molecule has 1 saturated heterocycles. The number of carboxylic acids is 1. The van der Waals surface area contributed by atoms with Gasteiger partial charge in [0.1, 0.15) is 18.0 Å². The molecule has 0 amide bonds. The smallest absolute Gasteiger partial charge is 0.337 e. The molecule has 3 atom stereocenters. The van der Waals surface area contributed by atoms with Gasteiger partial charge in [0.05, 0.1) is 4.91 Å². The van der Waals surface area contributed by atoms with E-state index in [0.29, 0.717) is 12.0 Å². The van der Waals surface area contributed by atoms with E-state index < -0.39 is 33.1 Å². The van der Waals surface area contributed by atoms with Gasteiger partial charge >= 0.3 is 11.9 Å². The number of sulfonamides is 1. The largest absolute Gasteiger partial charge is 0.492 e. The Bertz CT molecular complexity index is 1730. The Labute approximate surface area is 269 Å². The van der Waals surface area contributed by atoms with Gasteiger partial charge in [0.15, 0.2) is 0 Å². The second-order valence-electron chi connectivity index (χ2n) is 13.0. The molecule has 12 heteroatoms. The van der Waals surface area contributed by atoms with Crippen LogP contribution < -0.4 is 16.2 Å². The second kappa shape index (κ2) is 12.2. The third-order valence-electron chi connectivity index (χ3n) is 9.38. The van der Waals surface area contributed by atoms with Crippen LogP contribution in [0.2, 0.25) is 0 Å². The van der Waals surface area contributed by atoms with Gasteiger partial charge in [0.25, 0.3) is 10.0 Å². The van der Waals surface area contributed by atoms with Gasteiger partial charge in [-0.05, 0) is 80.4 Å². The van der Waals surface area contributed by atoms with Crippen molar-refractivity contribution >= 4 is 27.9 Å². The minimum Gasteiger partial charge on any atom is -0.492 e. The molecule has 2 aromatic rings. The number of allylic oxidation sites excluding steroid dienone is 4. The van der Waals surface area contributed by atoms with Gasteiger partial charge in [-0.2, -0.15) is 0 Å². The Hall–Kier alpha value is -4.16. The average Bonchev–Trinajstić information content (AvgIpc) is 3.50. The lowest BCUT2D eigenvalue weighted by atomic mass is 9.79. The van der Waals surface area contributed by atoms with E-state index in [4.69, 9.17) is 20.9 Å². The van der Waals surface area contributed by atoms with Gasteiger partial charge < -0.3 is 26.0 Å². The monoisotopic (exact) mass is 650 g/mol. The van der Waals surface area contributed by atoms with Crippen LogP contribution in [-0.4, -0.2) is 55.7 Å². The lowest BCUT2D eigenvalue weighted by molar-refractivity contribution is -0.161. The van der Waals surface area contributed by atoms with Crippen LogP contribution in [0.3, 0.4) is 0 Å². The first-order valence-electron chi connectivity index (χ1n) is 15.4. The van der Waals surface area contributed by atoms with Crippen LogP contribution in [0, 0.1) is 11.8 Å². The number of nitrogens with one attached hydrogen (secondary N) is 1. The van der Waals surface area contributed by atoms with Gasteiger partial charge in [0, 0.05) is 24.3 Å². The van der Waals surface area contributed by atoms with Gasteiger partial charge in [-0.25, -0.2) is 22.7 Å². The number of nitrogens with zero attached hydrogens (tertiary/aromatic N) is 1. The second-order valence-corrected chi connectivity index (χ2v) is 14.7. The Morgan fingerprint density at radius 3 is 2.26 bits per heavy atom. The van der Waals surface area contributed by atoms with E-state index in [9.17, 15) is 23.1 Å². The number of guanidine groups is 1. The molecule has 3 aliphatic rings. The number of aliphatic imine (C=N–C) groups is 1. The summed E-state index contributed by atoms with van der Waals surface area (Å²) in [5, 5.41) is 9.89. The zero-order valence-corrected chi connectivity index (χ0v) is 27.6. The number of aliphatic carboxylic acids is 1. The van der Waals surface area contributed by atoms with Crippen molar-refractivity contribution in [2.75, 3.05) is 13.2 Å². The lowest BCUT2D eigenvalue weighted by Crippen LogP contribution is -2.56. The fourth-order valence-corrected chi connectivity index (χ4v) is 8.60. The van der Waals surface area contributed by atoms with Crippen LogP contribution in [0.25, 0.3) is 11.1 Å². The molecule has 0 aromatic heterocycles. The van der Waals surface area contributed by atoms with Gasteiger partial charge in [-0.1, -0.05) is 55.5 Å². The van der Waals surface area contributed by atoms with E-state index in [2.05, 4.69) is 9.71 Å². The topological polar surface area (TPSA) is 183 Å². The van der Waals surface area contributed by atoms with Crippen molar-refractivity contribution in [2.45, 2.75) is 70.9 Å². The molecule has 0 saturated carbocycles. The molecule has 0 radical (unpaired) electrons. The van der Waals surface area contributed by atoms with Crippen LogP contribution in [0.4, 0.5) is 0 Å². The van der Waals surface area contributed by atoms with Crippen LogP contribution in [0.15, 0.2) is 75.3 Å². The molecular formula is C34H42N4O7S. The van der Waals surface area contributed by atoms with Crippen LogP contribution in [-0.2, 0) is 29.1 Å². The zero-order chi connectivity index (χ0) is 33.6. The average molecular weight is 651 g/mol. The molecule has 246 valence electrons. The Balaban J connectivity index is 1.20. The first kappa shape index (κ1) is 33.2. The fraction of sp³-hybridized carbons (Fsp3) is 0.441. The zero-order valence-electron chi connectivity index (χ0n) is 26.8. The highest BCUT2D eigenvalue weighted by Crippen LogP contribution is 2.50. The maximum Gasteiger partial charge on any atom is 0.337 e. The molecule has 0 bridgehead atoms. The summed E-state index contributed by atoms with van der Waals surface area (Å²) in [5.74, 6) is -2.77. The molecule has 1 heterocycles. The summed E-state index contributed by atoms with van der Waals surface area (Å²) >= 11 is 0. The molecule has 2 aromatic carbocycles. The highest BCUT2D eigenvalue weighted by atomic mass is 32.2. The SMILES string of the molecule is CC1=C2OC(C)(C)CC2C(C)C(S(=O)(=O)NC(N)=NCCC[C@](N)(C(=O)O)C(=O)OCC2c3ccccc3-c3ccccc32)=C1C. The van der Waals surface area contributed by atoms with Crippen LogP contribution >= 0.6 is 0 Å². The number of fused-ring (bicyclic) bond motifs is 4. The summed E-state index contributed by atoms with van der Waals surface area (Å²) in [6.07, 6.45) is 0.423. The van der Waals surface area contributed by atoms with Crippen LogP contribution in [0.1, 0.15) is 70.9 Å². The number of benzene rings is 2. The van der Waals surface area contributed by atoms with E-state index in [0.717, 1.165) is 33.6 Å². The molecule has 0 spiro atoms. The third kappa shape index (κ3) is 6.03. The molecule has 2 unspecified atom stereocenters. The summed E-state index contributed by atoms with van der Waals surface area (Å²) in [4.78, 5) is 29.6. The van der Waals surface area contributed by atoms with Gasteiger partial charge in [-0.3, -0.25) is 4.99 Å². The first-order chi connectivity index (χ1) is 21.6. The number of rotatable bonds is 10. The van der Waals surface area contributed by atoms with Crippen molar-refractivity contribution in [1.29, 1.82) is 0 Å². The molecule has 11 nitrogen and oxygen atoms in total. The number of carboxylic acid groups (broad SMARTS) is 1. The molecule has 6 N–H and O–H groups in total. The highest BCUT2D eigenvalue weighted by Gasteiger charge is 2.47. The summed E-state index contributed by atoms with van der Waals surface area (Å²) in [7, 11) is -4.05. The molecule has 46 heavy (non-hydrogen) atoms. The molecule has 1 fully saturated rings. The highest BCUT2D eigenvalue weighted by molar-refractivity contribution is 7.94. The lowest BCUT2D eigenvalue weighted by Gasteiger charge is -2.30. The summed E-state index contributed by atoms with van der Waals surface area (Å²) in [5.41, 5.74) is 14.8. The Morgan fingerprint density at radius 2 is 1.67 bits per heavy atom. The number of esters is 1. The van der Waals surface area contributed by atoms with E-state index in [1.165, 1.54) is 0 Å². The predicted molar refractivity (Wildman–Crippen MR) is 175 cm³/mol. The predicted octanol–water partition coefficient (Wildman–Crippen LogP) is 4.15. The maximum atomic E-state index is 13.5. The molecule has 2 aliphatic carbocycles. The van der Waals surface area contributed by atoms with E-state index in [-0.39, 0.29) is 54.6 Å². The number of nitrogens with two attached hydrogens (primary N) is 2. The summed E-state index contributed by atoms with van der Waals surface area (Å²) in [6.45, 7) is 9.30. The normalized spacial score (nSPS) is 22.0. The van der Waals surface area contributed by atoms with Gasteiger partial charge in [-0.15, -0.1) is 0 Å². The van der Waals surface area contributed by atoms with Crippen molar-refractivity contribution in [3.8, 4) is 11.1 Å². The quantitative estimate of drug-likeness (QED) is 0.0965. The van der Waals surface area contributed by atoms with Crippen molar-refractivity contribution in [3.05, 3.63) is 81.5 Å². The molecule has 1 aliphatic heterocycles. The molecular weight excluding hydrogens is 608 g/mol. The molecule has 5 rings (SSSR count). The standard InChI is InChI=1S/C34H42N4O7S/c1-19-20(2)29(21(3)26-17-33(4,5)45-28(19)26)46(42,43)38-32(35)37-16-10-15-34(36,30(39)40)31(41)44-18-27-24-13-8-6-11-22(24)23-12-7-9-14-25(23)27/h6-9,11-14,21,26-27H,10,15-18,36H2,1-5H3,(H,39,40)(H3,35,37,38)/t21?,26?,34-/m0/s1. The Morgan fingerprint density at radius 1 is 1.09 bits per heavy atom. The number of carbonyl (C=O) groups is 2. The van der Waals surface area contributed by atoms with Crippen molar-refractivity contribution in [2.24, 2.45) is 28.3 Å². The number of hydrogen-bond acceptors (Lipinski definition) is 8. The van der Waals surface area contributed by atoms with Crippen molar-refractivity contribution in [3.63, 3.8) is 0 Å². The number of carbonyl (C=O) groups excluding carboxylic acids is 1. The fourth-order valence-electron chi connectivity index (χ4n) is 6.94. The van der Waals surface area contributed by atoms with E-state index in [1.807, 2.05) is 76.2 Å². The minimum atomic E-state index is -4.05. The summed E-state index contributed by atoms with van der Waals surface area (Å²) < 4.78 is 41.0. The van der Waals surface area contributed by atoms with Crippen LogP contribution in [0.5, 0.6) is 0 Å². The first-order valence-corrected chi connectivity index (χ1v) is 16.9. The van der Waals surface area contributed by atoms with Crippen molar-refractivity contribution < 1.29 is 32.6 Å². The maximum absolute atomic E-state index is 13.5. The van der Waals surface area contributed by atoms with E-state index >= 15 is 0 Å². The number of hydrogen-bond donors (Lipinski definition) is 4. The van der Waals surface area contributed by atoms with E-state index in [1.54, 1.807) is 6.92 Å². The Kier molecular flexibility index (Phi) is 8.82. The van der Waals surface area contributed by atoms with Crippen molar-refractivity contribution in [1.82, 2.24) is 4.72 Å². The minimum absolute atomic E-state index is 0.0350. The summed E-state index contributed by atoms with van der Waals surface area (Å²) in [6, 6.07) is 15.6. The van der Waals surface area contributed by atoms with Gasteiger partial charge in [0.2, 0.25) is 11.5 Å². The number of ether oxygens (including phenoxy) is 2. The third-order valence-corrected chi connectivity index (χ3v) is 11.1.